The van der Waals surface area contributed by atoms with Gasteiger partial charge >= 0.3 is 6.03 Å². The van der Waals surface area contributed by atoms with Crippen LogP contribution in [-0.2, 0) is 4.74 Å². The van der Waals surface area contributed by atoms with Crippen LogP contribution in [-0.4, -0.2) is 42.1 Å². The van der Waals surface area contributed by atoms with E-state index in [0.717, 1.165) is 19.4 Å². The normalized spacial score (nSPS) is 34.6. The summed E-state index contributed by atoms with van der Waals surface area (Å²) in [6, 6.07) is -0.200. The molecular weight excluding hydrogens is 206 g/mol. The van der Waals surface area contributed by atoms with Crippen LogP contribution in [0.4, 0.5) is 4.79 Å². The first-order valence-corrected chi connectivity index (χ1v) is 5.84. The molecule has 1 fully saturated rings. The molecule has 2 amide bonds. The summed E-state index contributed by atoms with van der Waals surface area (Å²) in [6.45, 7) is 6.18. The number of rotatable bonds is 3. The fourth-order valence-corrected chi connectivity index (χ4v) is 2.57. The number of ether oxygens (including phenoxy) is 1. The van der Waals surface area contributed by atoms with Crippen LogP contribution in [0.5, 0.6) is 0 Å². The number of aliphatic imine (C=N–C) groups is 1. The lowest BCUT2D eigenvalue weighted by atomic mass is 9.83. The zero-order valence-electron chi connectivity index (χ0n) is 9.90. The Morgan fingerprint density at radius 2 is 2.44 bits per heavy atom. The Morgan fingerprint density at radius 3 is 3.00 bits per heavy atom. The number of nitrogens with zero attached hydrogens (tertiary/aromatic N) is 2. The van der Waals surface area contributed by atoms with E-state index in [0.29, 0.717) is 19.0 Å². The fraction of sp³-hybridized carbons (Fsp3) is 0.818. The van der Waals surface area contributed by atoms with Gasteiger partial charge in [-0.1, -0.05) is 6.92 Å². The Kier molecular flexibility index (Phi) is 2.88. The SMILES string of the molecule is CCCN1C(=O)N=C(N)C1(C)C1CCOC1. The topological polar surface area (TPSA) is 67.9 Å². The van der Waals surface area contributed by atoms with E-state index in [1.807, 2.05) is 13.8 Å². The molecule has 5 heteroatoms. The summed E-state index contributed by atoms with van der Waals surface area (Å²) < 4.78 is 5.40. The molecule has 2 rings (SSSR count). The summed E-state index contributed by atoms with van der Waals surface area (Å²) in [6.07, 6.45) is 1.86. The summed E-state index contributed by atoms with van der Waals surface area (Å²) in [5, 5.41) is 0. The molecule has 0 radical (unpaired) electrons. The number of nitrogens with two attached hydrogens (primary N) is 1. The maximum Gasteiger partial charge on any atom is 0.346 e. The van der Waals surface area contributed by atoms with Crippen LogP contribution in [0, 0.1) is 5.92 Å². The molecule has 5 nitrogen and oxygen atoms in total. The van der Waals surface area contributed by atoms with Crippen LogP contribution in [0.25, 0.3) is 0 Å². The monoisotopic (exact) mass is 225 g/mol. The molecular formula is C11H19N3O2. The van der Waals surface area contributed by atoms with Crippen LogP contribution >= 0.6 is 0 Å². The predicted molar refractivity (Wildman–Crippen MR) is 61.3 cm³/mol. The van der Waals surface area contributed by atoms with E-state index in [1.54, 1.807) is 4.90 Å². The summed E-state index contributed by atoms with van der Waals surface area (Å²) in [5.74, 6) is 0.718. The van der Waals surface area contributed by atoms with Crippen molar-refractivity contribution in [1.29, 1.82) is 0 Å². The number of amidine groups is 1. The standard InChI is InChI=1S/C11H19N3O2/c1-3-5-14-10(15)13-9(12)11(14,2)8-4-6-16-7-8/h8H,3-7H2,1-2H3,(H2,12,13,15). The largest absolute Gasteiger partial charge is 0.385 e. The van der Waals surface area contributed by atoms with Crippen LogP contribution in [0.1, 0.15) is 26.7 Å². The van der Waals surface area contributed by atoms with Crippen molar-refractivity contribution in [2.24, 2.45) is 16.6 Å². The Labute approximate surface area is 95.6 Å². The first kappa shape index (κ1) is 11.4. The average Bonchev–Trinajstić information content (AvgIpc) is 2.83. The highest BCUT2D eigenvalue weighted by Crippen LogP contribution is 2.35. The van der Waals surface area contributed by atoms with Crippen molar-refractivity contribution in [3.8, 4) is 0 Å². The average molecular weight is 225 g/mol. The van der Waals surface area contributed by atoms with E-state index in [2.05, 4.69) is 4.99 Å². The number of hydrogen-bond acceptors (Lipinski definition) is 3. The van der Waals surface area contributed by atoms with E-state index in [4.69, 9.17) is 10.5 Å². The molecule has 0 aromatic heterocycles. The second-order valence-corrected chi connectivity index (χ2v) is 4.64. The molecule has 2 aliphatic heterocycles. The van der Waals surface area contributed by atoms with Crippen molar-refractivity contribution in [1.82, 2.24) is 4.90 Å². The minimum absolute atomic E-state index is 0.200. The maximum atomic E-state index is 11.8. The van der Waals surface area contributed by atoms with Crippen molar-refractivity contribution in [3.05, 3.63) is 0 Å². The smallest absolute Gasteiger partial charge is 0.346 e. The number of carbonyl (C=O) groups is 1. The molecule has 0 spiro atoms. The van der Waals surface area contributed by atoms with Gasteiger partial charge in [-0.05, 0) is 19.8 Å². The lowest BCUT2D eigenvalue weighted by molar-refractivity contribution is 0.120. The first-order chi connectivity index (χ1) is 7.60. The zero-order chi connectivity index (χ0) is 11.8. The number of hydrogen-bond donors (Lipinski definition) is 1. The van der Waals surface area contributed by atoms with Crippen molar-refractivity contribution in [2.45, 2.75) is 32.2 Å². The van der Waals surface area contributed by atoms with Gasteiger partial charge in [-0.25, -0.2) is 4.79 Å². The summed E-state index contributed by atoms with van der Waals surface area (Å²) >= 11 is 0. The highest BCUT2D eigenvalue weighted by molar-refractivity contribution is 6.05. The number of urea groups is 1. The minimum atomic E-state index is -0.441. The summed E-state index contributed by atoms with van der Waals surface area (Å²) in [7, 11) is 0. The molecule has 2 N–H and O–H groups in total. The van der Waals surface area contributed by atoms with E-state index >= 15 is 0 Å². The molecule has 90 valence electrons. The van der Waals surface area contributed by atoms with Crippen LogP contribution in [0.3, 0.4) is 0 Å². The van der Waals surface area contributed by atoms with Crippen molar-refractivity contribution in [2.75, 3.05) is 19.8 Å². The molecule has 2 heterocycles. The molecule has 0 saturated carbocycles. The van der Waals surface area contributed by atoms with Gasteiger partial charge in [-0.15, -0.1) is 0 Å². The van der Waals surface area contributed by atoms with Crippen molar-refractivity contribution >= 4 is 11.9 Å². The lowest BCUT2D eigenvalue weighted by Crippen LogP contribution is -2.57. The van der Waals surface area contributed by atoms with Crippen LogP contribution in [0.2, 0.25) is 0 Å². The number of carbonyl (C=O) groups excluding carboxylic acids is 1. The van der Waals surface area contributed by atoms with Gasteiger partial charge in [-0.3, -0.25) is 0 Å². The van der Waals surface area contributed by atoms with Gasteiger partial charge in [0, 0.05) is 19.1 Å². The van der Waals surface area contributed by atoms with Crippen LogP contribution < -0.4 is 5.73 Å². The Balaban J connectivity index is 2.27. The molecule has 1 saturated heterocycles. The van der Waals surface area contributed by atoms with Crippen molar-refractivity contribution < 1.29 is 9.53 Å². The second-order valence-electron chi connectivity index (χ2n) is 4.64. The predicted octanol–water partition coefficient (Wildman–Crippen LogP) is 0.984. The molecule has 2 unspecified atom stereocenters. The second kappa shape index (κ2) is 4.05. The van der Waals surface area contributed by atoms with E-state index in [9.17, 15) is 4.79 Å². The van der Waals surface area contributed by atoms with Crippen molar-refractivity contribution in [3.63, 3.8) is 0 Å². The quantitative estimate of drug-likeness (QED) is 0.778. The van der Waals surface area contributed by atoms with E-state index < -0.39 is 5.54 Å². The van der Waals surface area contributed by atoms with Gasteiger partial charge in [0.25, 0.3) is 0 Å². The lowest BCUT2D eigenvalue weighted by Gasteiger charge is -2.38. The Bertz CT molecular complexity index is 323. The zero-order valence-corrected chi connectivity index (χ0v) is 9.90. The highest BCUT2D eigenvalue weighted by atomic mass is 16.5. The van der Waals surface area contributed by atoms with Gasteiger partial charge in [0.2, 0.25) is 0 Å². The highest BCUT2D eigenvalue weighted by Gasteiger charge is 2.50. The minimum Gasteiger partial charge on any atom is -0.385 e. The molecule has 0 bridgehead atoms. The fourth-order valence-electron chi connectivity index (χ4n) is 2.57. The van der Waals surface area contributed by atoms with Gasteiger partial charge in [0.05, 0.1) is 6.61 Å². The third-order valence-electron chi connectivity index (χ3n) is 3.70. The van der Waals surface area contributed by atoms with Gasteiger partial charge in [0.15, 0.2) is 0 Å². The Hall–Kier alpha value is -1.10. The molecule has 0 aromatic rings. The Morgan fingerprint density at radius 1 is 1.69 bits per heavy atom. The number of amides is 2. The maximum absolute atomic E-state index is 11.8. The summed E-state index contributed by atoms with van der Waals surface area (Å²) in [5.41, 5.74) is 5.50. The third-order valence-corrected chi connectivity index (χ3v) is 3.70. The van der Waals surface area contributed by atoms with E-state index in [1.165, 1.54) is 0 Å². The summed E-state index contributed by atoms with van der Waals surface area (Å²) in [4.78, 5) is 17.5. The molecule has 0 aliphatic carbocycles. The van der Waals surface area contributed by atoms with Gasteiger partial charge < -0.3 is 15.4 Å². The first-order valence-electron chi connectivity index (χ1n) is 5.84. The van der Waals surface area contributed by atoms with Gasteiger partial charge in [0.1, 0.15) is 11.4 Å². The molecule has 16 heavy (non-hydrogen) atoms. The molecule has 0 aromatic carbocycles. The molecule has 2 atom stereocenters. The third kappa shape index (κ3) is 1.50. The van der Waals surface area contributed by atoms with Crippen LogP contribution in [0.15, 0.2) is 4.99 Å². The van der Waals surface area contributed by atoms with E-state index in [-0.39, 0.29) is 11.9 Å². The molecule has 2 aliphatic rings. The van der Waals surface area contributed by atoms with Gasteiger partial charge in [-0.2, -0.15) is 4.99 Å².